The van der Waals surface area contributed by atoms with Crippen LogP contribution in [0.1, 0.15) is 26.7 Å². The van der Waals surface area contributed by atoms with Gasteiger partial charge in [-0.1, -0.05) is 0 Å². The van der Waals surface area contributed by atoms with Gasteiger partial charge in [-0.15, -0.1) is 0 Å². The fraction of sp³-hybridized carbons (Fsp3) is 1.00. The summed E-state index contributed by atoms with van der Waals surface area (Å²) >= 11 is 0. The molecule has 2 aliphatic rings. The molecular formula is C15H31N3O. The van der Waals surface area contributed by atoms with Crippen LogP contribution in [0.3, 0.4) is 0 Å². The van der Waals surface area contributed by atoms with E-state index in [1.54, 1.807) is 0 Å². The van der Waals surface area contributed by atoms with E-state index in [4.69, 9.17) is 4.74 Å². The number of hydrogen-bond donors (Lipinski definition) is 1. The number of likely N-dealkylation sites (tertiary alicyclic amines) is 1. The summed E-state index contributed by atoms with van der Waals surface area (Å²) in [6, 6.07) is 0. The van der Waals surface area contributed by atoms with E-state index in [1.807, 2.05) is 0 Å². The van der Waals surface area contributed by atoms with Crippen LogP contribution >= 0.6 is 0 Å². The molecule has 0 aliphatic carbocycles. The lowest BCUT2D eigenvalue weighted by Gasteiger charge is -2.36. The Labute approximate surface area is 118 Å². The van der Waals surface area contributed by atoms with Gasteiger partial charge in [-0.2, -0.15) is 0 Å². The van der Waals surface area contributed by atoms with E-state index >= 15 is 0 Å². The van der Waals surface area contributed by atoms with Crippen LogP contribution in [0.5, 0.6) is 0 Å². The SMILES string of the molecule is CC(C)OCCN1CCC(CN2CCNCC2)CC1. The lowest BCUT2D eigenvalue weighted by atomic mass is 9.96. The summed E-state index contributed by atoms with van der Waals surface area (Å²) in [5.41, 5.74) is 0. The molecule has 2 aliphatic heterocycles. The van der Waals surface area contributed by atoms with Gasteiger partial charge >= 0.3 is 0 Å². The second-order valence-electron chi connectivity index (χ2n) is 6.26. The second kappa shape index (κ2) is 8.20. The first kappa shape index (κ1) is 15.2. The van der Waals surface area contributed by atoms with Gasteiger partial charge in [0.2, 0.25) is 0 Å². The van der Waals surface area contributed by atoms with Crippen LogP contribution in [0.2, 0.25) is 0 Å². The number of nitrogens with one attached hydrogen (secondary N) is 1. The first-order chi connectivity index (χ1) is 9.24. The van der Waals surface area contributed by atoms with Gasteiger partial charge in [0.25, 0.3) is 0 Å². The smallest absolute Gasteiger partial charge is 0.0596 e. The van der Waals surface area contributed by atoms with Gasteiger partial charge in [-0.05, 0) is 45.7 Å². The van der Waals surface area contributed by atoms with Crippen molar-refractivity contribution in [3.05, 3.63) is 0 Å². The molecule has 0 amide bonds. The Balaban J connectivity index is 1.56. The first-order valence-corrected chi connectivity index (χ1v) is 8.01. The molecule has 2 saturated heterocycles. The highest BCUT2D eigenvalue weighted by molar-refractivity contribution is 4.77. The Morgan fingerprint density at radius 1 is 1.05 bits per heavy atom. The molecule has 0 unspecified atom stereocenters. The largest absolute Gasteiger partial charge is 0.377 e. The van der Waals surface area contributed by atoms with Crippen molar-refractivity contribution in [1.82, 2.24) is 15.1 Å². The van der Waals surface area contributed by atoms with Crippen LogP contribution < -0.4 is 5.32 Å². The number of hydrogen-bond acceptors (Lipinski definition) is 4. The predicted molar refractivity (Wildman–Crippen MR) is 79.6 cm³/mol. The van der Waals surface area contributed by atoms with Crippen LogP contribution in [-0.4, -0.2) is 74.9 Å². The fourth-order valence-electron chi connectivity index (χ4n) is 3.07. The van der Waals surface area contributed by atoms with E-state index < -0.39 is 0 Å². The van der Waals surface area contributed by atoms with Crippen molar-refractivity contribution in [2.24, 2.45) is 5.92 Å². The standard InChI is InChI=1S/C15H31N3O/c1-14(2)19-12-11-17-7-3-15(4-8-17)13-18-9-5-16-6-10-18/h14-16H,3-13H2,1-2H3. The molecule has 0 aromatic heterocycles. The summed E-state index contributed by atoms with van der Waals surface area (Å²) in [5.74, 6) is 0.917. The Morgan fingerprint density at radius 3 is 2.37 bits per heavy atom. The number of ether oxygens (including phenoxy) is 1. The minimum atomic E-state index is 0.366. The van der Waals surface area contributed by atoms with Crippen LogP contribution in [0.4, 0.5) is 0 Å². The molecule has 2 rings (SSSR count). The van der Waals surface area contributed by atoms with Gasteiger partial charge in [-0.25, -0.2) is 0 Å². The zero-order valence-electron chi connectivity index (χ0n) is 12.7. The first-order valence-electron chi connectivity index (χ1n) is 8.01. The average Bonchev–Trinajstić information content (AvgIpc) is 2.42. The van der Waals surface area contributed by atoms with Gasteiger partial charge < -0.3 is 19.9 Å². The van der Waals surface area contributed by atoms with Crippen molar-refractivity contribution in [1.29, 1.82) is 0 Å². The van der Waals surface area contributed by atoms with Gasteiger partial charge in [0.05, 0.1) is 12.7 Å². The number of nitrogens with zero attached hydrogens (tertiary/aromatic N) is 2. The fourth-order valence-corrected chi connectivity index (χ4v) is 3.07. The number of piperazine rings is 1. The highest BCUT2D eigenvalue weighted by atomic mass is 16.5. The maximum Gasteiger partial charge on any atom is 0.0596 e. The summed E-state index contributed by atoms with van der Waals surface area (Å²) in [4.78, 5) is 5.20. The topological polar surface area (TPSA) is 27.7 Å². The molecule has 1 N–H and O–H groups in total. The molecule has 0 spiro atoms. The van der Waals surface area contributed by atoms with Crippen molar-refractivity contribution in [3.8, 4) is 0 Å². The molecule has 4 heteroatoms. The van der Waals surface area contributed by atoms with Crippen molar-refractivity contribution >= 4 is 0 Å². The van der Waals surface area contributed by atoms with Gasteiger partial charge in [0.15, 0.2) is 0 Å². The Morgan fingerprint density at radius 2 is 1.74 bits per heavy atom. The molecule has 0 radical (unpaired) electrons. The highest BCUT2D eigenvalue weighted by Crippen LogP contribution is 2.18. The average molecular weight is 269 g/mol. The molecule has 0 atom stereocenters. The number of piperidine rings is 1. The van der Waals surface area contributed by atoms with Crippen LogP contribution in [0, 0.1) is 5.92 Å². The maximum atomic E-state index is 5.64. The van der Waals surface area contributed by atoms with Gasteiger partial charge in [0.1, 0.15) is 0 Å². The Kier molecular flexibility index (Phi) is 6.57. The molecule has 4 nitrogen and oxygen atoms in total. The summed E-state index contributed by atoms with van der Waals surface area (Å²) in [7, 11) is 0. The summed E-state index contributed by atoms with van der Waals surface area (Å²) < 4.78 is 5.64. The molecule has 19 heavy (non-hydrogen) atoms. The molecule has 2 fully saturated rings. The summed E-state index contributed by atoms with van der Waals surface area (Å²) in [5, 5.41) is 3.43. The molecule has 2 heterocycles. The zero-order chi connectivity index (χ0) is 13.5. The van der Waals surface area contributed by atoms with E-state index in [-0.39, 0.29) is 0 Å². The van der Waals surface area contributed by atoms with E-state index in [9.17, 15) is 0 Å². The Hall–Kier alpha value is -0.160. The Bertz CT molecular complexity index is 234. The van der Waals surface area contributed by atoms with E-state index in [1.165, 1.54) is 58.7 Å². The molecule has 0 saturated carbocycles. The van der Waals surface area contributed by atoms with Crippen molar-refractivity contribution in [2.75, 3.05) is 59.0 Å². The normalized spacial score (nSPS) is 24.2. The second-order valence-corrected chi connectivity index (χ2v) is 6.26. The number of rotatable bonds is 6. The molecular weight excluding hydrogens is 238 g/mol. The predicted octanol–water partition coefficient (Wildman–Crippen LogP) is 1.03. The van der Waals surface area contributed by atoms with Gasteiger partial charge in [-0.3, -0.25) is 0 Å². The maximum absolute atomic E-state index is 5.64. The lowest BCUT2D eigenvalue weighted by molar-refractivity contribution is 0.0479. The van der Waals surface area contributed by atoms with E-state index in [2.05, 4.69) is 29.0 Å². The minimum Gasteiger partial charge on any atom is -0.377 e. The lowest BCUT2D eigenvalue weighted by Crippen LogP contribution is -2.47. The third kappa shape index (κ3) is 5.78. The van der Waals surface area contributed by atoms with Crippen LogP contribution in [0.15, 0.2) is 0 Å². The van der Waals surface area contributed by atoms with Crippen molar-refractivity contribution in [3.63, 3.8) is 0 Å². The van der Waals surface area contributed by atoms with Crippen molar-refractivity contribution < 1.29 is 4.74 Å². The monoisotopic (exact) mass is 269 g/mol. The quantitative estimate of drug-likeness (QED) is 0.779. The molecule has 0 aromatic rings. The summed E-state index contributed by atoms with van der Waals surface area (Å²) in [6.45, 7) is 14.9. The molecule has 0 bridgehead atoms. The van der Waals surface area contributed by atoms with Gasteiger partial charge in [0, 0.05) is 39.3 Å². The van der Waals surface area contributed by atoms with E-state index in [0.717, 1.165) is 19.1 Å². The summed E-state index contributed by atoms with van der Waals surface area (Å²) in [6.07, 6.45) is 3.10. The molecule has 0 aromatic carbocycles. The van der Waals surface area contributed by atoms with Crippen LogP contribution in [-0.2, 0) is 4.74 Å². The van der Waals surface area contributed by atoms with Crippen molar-refractivity contribution in [2.45, 2.75) is 32.8 Å². The highest BCUT2D eigenvalue weighted by Gasteiger charge is 2.21. The molecule has 112 valence electrons. The third-order valence-electron chi connectivity index (χ3n) is 4.29. The zero-order valence-corrected chi connectivity index (χ0v) is 12.7. The minimum absolute atomic E-state index is 0.366. The van der Waals surface area contributed by atoms with Crippen LogP contribution in [0.25, 0.3) is 0 Å². The third-order valence-corrected chi connectivity index (χ3v) is 4.29. The van der Waals surface area contributed by atoms with E-state index in [0.29, 0.717) is 6.10 Å².